The second kappa shape index (κ2) is 2.60. The Balaban J connectivity index is 2.88. The second-order valence-electron chi connectivity index (χ2n) is 2.40. The highest BCUT2D eigenvalue weighted by atomic mass is 35.5. The first kappa shape index (κ1) is 7.31. The van der Waals surface area contributed by atoms with Crippen LogP contribution in [0.15, 0.2) is 24.4 Å². The summed E-state index contributed by atoms with van der Waals surface area (Å²) in [7, 11) is 0. The maximum Gasteiger partial charge on any atom is 0.149 e. The molecule has 0 saturated carbocycles. The molecule has 0 spiro atoms. The summed E-state index contributed by atoms with van der Waals surface area (Å²) in [6.07, 6.45) is 1.65. The highest BCUT2D eigenvalue weighted by molar-refractivity contribution is 6.29. The lowest BCUT2D eigenvalue weighted by atomic mass is 10.2. The van der Waals surface area contributed by atoms with E-state index in [0.717, 1.165) is 5.39 Å². The summed E-state index contributed by atoms with van der Waals surface area (Å²) in [6.45, 7) is 0. The van der Waals surface area contributed by atoms with E-state index in [2.05, 4.69) is 9.97 Å². The van der Waals surface area contributed by atoms with Crippen molar-refractivity contribution in [1.29, 1.82) is 0 Å². The molecule has 12 heavy (non-hydrogen) atoms. The van der Waals surface area contributed by atoms with E-state index in [4.69, 9.17) is 17.3 Å². The summed E-state index contributed by atoms with van der Waals surface area (Å²) >= 11 is 5.70. The summed E-state index contributed by atoms with van der Waals surface area (Å²) < 4.78 is 0. The predicted molar refractivity (Wildman–Crippen MR) is 49.0 cm³/mol. The van der Waals surface area contributed by atoms with Crippen LogP contribution in [0.5, 0.6) is 0 Å². The molecule has 0 radical (unpaired) electrons. The number of nitrogen functional groups attached to an aromatic ring is 1. The van der Waals surface area contributed by atoms with E-state index < -0.39 is 0 Å². The number of fused-ring (bicyclic) bond motifs is 1. The lowest BCUT2D eigenvalue weighted by Gasteiger charge is -1.98. The van der Waals surface area contributed by atoms with E-state index in [9.17, 15) is 0 Å². The molecule has 0 amide bonds. The Morgan fingerprint density at radius 3 is 2.92 bits per heavy atom. The largest absolute Gasteiger partial charge is 0.382 e. The monoisotopic (exact) mass is 179 g/mol. The van der Waals surface area contributed by atoms with E-state index in [1.54, 1.807) is 12.3 Å². The fourth-order valence-electron chi connectivity index (χ4n) is 1.04. The average molecular weight is 180 g/mol. The smallest absolute Gasteiger partial charge is 0.149 e. The minimum atomic E-state index is 0.412. The Morgan fingerprint density at radius 1 is 1.25 bits per heavy atom. The van der Waals surface area contributed by atoms with Gasteiger partial charge in [-0.3, -0.25) is 0 Å². The van der Waals surface area contributed by atoms with Gasteiger partial charge < -0.3 is 5.73 Å². The van der Waals surface area contributed by atoms with Crippen LogP contribution in [0.2, 0.25) is 5.15 Å². The van der Waals surface area contributed by atoms with Crippen molar-refractivity contribution in [3.63, 3.8) is 0 Å². The van der Waals surface area contributed by atoms with E-state index in [1.807, 2.05) is 12.1 Å². The number of anilines is 1. The molecule has 2 N–H and O–H groups in total. The maximum absolute atomic E-state index is 5.70. The molecule has 3 nitrogen and oxygen atoms in total. The molecule has 4 heteroatoms. The lowest BCUT2D eigenvalue weighted by molar-refractivity contribution is 1.32. The van der Waals surface area contributed by atoms with Gasteiger partial charge in [-0.25, -0.2) is 9.97 Å². The van der Waals surface area contributed by atoms with E-state index in [0.29, 0.717) is 16.5 Å². The molecular formula is C8H6ClN3. The van der Waals surface area contributed by atoms with Gasteiger partial charge in [0.25, 0.3) is 0 Å². The molecule has 0 fully saturated rings. The molecule has 0 aliphatic carbocycles. The zero-order valence-electron chi connectivity index (χ0n) is 6.16. The van der Waals surface area contributed by atoms with Gasteiger partial charge in [0, 0.05) is 11.6 Å². The molecule has 2 heterocycles. The molecule has 0 aliphatic rings. The van der Waals surface area contributed by atoms with Crippen LogP contribution in [-0.4, -0.2) is 9.97 Å². The Labute approximate surface area is 74.2 Å². The minimum Gasteiger partial charge on any atom is -0.382 e. The molecule has 0 saturated heterocycles. The van der Waals surface area contributed by atoms with Gasteiger partial charge in [0.2, 0.25) is 0 Å². The molecule has 0 bridgehead atoms. The van der Waals surface area contributed by atoms with Crippen molar-refractivity contribution < 1.29 is 0 Å². The van der Waals surface area contributed by atoms with Gasteiger partial charge in [0.1, 0.15) is 16.5 Å². The molecule has 2 rings (SSSR count). The van der Waals surface area contributed by atoms with Crippen molar-refractivity contribution in [2.75, 3.05) is 5.73 Å². The topological polar surface area (TPSA) is 51.8 Å². The predicted octanol–water partition coefficient (Wildman–Crippen LogP) is 1.87. The molecule has 2 aromatic rings. The highest BCUT2D eigenvalue weighted by Crippen LogP contribution is 2.18. The van der Waals surface area contributed by atoms with Crippen LogP contribution in [-0.2, 0) is 0 Å². The van der Waals surface area contributed by atoms with Crippen molar-refractivity contribution in [1.82, 2.24) is 9.97 Å². The fourth-order valence-corrected chi connectivity index (χ4v) is 1.19. The van der Waals surface area contributed by atoms with Crippen molar-refractivity contribution >= 4 is 28.3 Å². The average Bonchev–Trinajstić information content (AvgIpc) is 2.07. The molecule has 2 aromatic heterocycles. The lowest BCUT2D eigenvalue weighted by Crippen LogP contribution is -1.92. The quantitative estimate of drug-likeness (QED) is 0.628. The van der Waals surface area contributed by atoms with Gasteiger partial charge >= 0.3 is 0 Å². The number of rotatable bonds is 0. The van der Waals surface area contributed by atoms with Crippen LogP contribution in [0.1, 0.15) is 0 Å². The molecule has 0 aliphatic heterocycles. The van der Waals surface area contributed by atoms with Crippen LogP contribution >= 0.6 is 11.6 Å². The normalized spacial score (nSPS) is 10.4. The summed E-state index contributed by atoms with van der Waals surface area (Å²) in [5.74, 6) is 0.412. The summed E-state index contributed by atoms with van der Waals surface area (Å²) in [5, 5.41) is 1.38. The molecule has 0 atom stereocenters. The SMILES string of the molecule is Nc1nccc2ccc(Cl)nc12. The third kappa shape index (κ3) is 1.08. The van der Waals surface area contributed by atoms with E-state index in [-0.39, 0.29) is 0 Å². The van der Waals surface area contributed by atoms with Gasteiger partial charge in [-0.1, -0.05) is 11.6 Å². The third-order valence-electron chi connectivity index (χ3n) is 1.60. The Hall–Kier alpha value is -1.35. The number of hydrogen-bond acceptors (Lipinski definition) is 3. The van der Waals surface area contributed by atoms with Gasteiger partial charge in [-0.05, 0) is 18.2 Å². The van der Waals surface area contributed by atoms with Crippen LogP contribution in [0.3, 0.4) is 0 Å². The highest BCUT2D eigenvalue weighted by Gasteiger charge is 1.99. The summed E-state index contributed by atoms with van der Waals surface area (Å²) in [4.78, 5) is 7.96. The van der Waals surface area contributed by atoms with Crippen molar-refractivity contribution in [2.24, 2.45) is 0 Å². The molecule has 0 unspecified atom stereocenters. The summed E-state index contributed by atoms with van der Waals surface area (Å²) in [5.41, 5.74) is 6.25. The maximum atomic E-state index is 5.70. The van der Waals surface area contributed by atoms with Gasteiger partial charge in [0.15, 0.2) is 0 Å². The molecule has 0 aromatic carbocycles. The number of nitrogens with two attached hydrogens (primary N) is 1. The first-order chi connectivity index (χ1) is 5.77. The Bertz CT molecular complexity index is 428. The first-order valence-electron chi connectivity index (χ1n) is 3.44. The third-order valence-corrected chi connectivity index (χ3v) is 1.81. The molecule has 60 valence electrons. The first-order valence-corrected chi connectivity index (χ1v) is 3.82. The summed E-state index contributed by atoms with van der Waals surface area (Å²) in [6, 6.07) is 5.43. The van der Waals surface area contributed by atoms with E-state index in [1.165, 1.54) is 0 Å². The Morgan fingerprint density at radius 2 is 2.08 bits per heavy atom. The fraction of sp³-hybridized carbons (Fsp3) is 0. The van der Waals surface area contributed by atoms with E-state index >= 15 is 0 Å². The molecular weight excluding hydrogens is 174 g/mol. The van der Waals surface area contributed by atoms with Gasteiger partial charge in [-0.15, -0.1) is 0 Å². The van der Waals surface area contributed by atoms with Gasteiger partial charge in [0.05, 0.1) is 0 Å². The second-order valence-corrected chi connectivity index (χ2v) is 2.79. The minimum absolute atomic E-state index is 0.412. The zero-order valence-corrected chi connectivity index (χ0v) is 6.92. The van der Waals surface area contributed by atoms with Crippen LogP contribution < -0.4 is 5.73 Å². The van der Waals surface area contributed by atoms with Crippen LogP contribution in [0.4, 0.5) is 5.82 Å². The van der Waals surface area contributed by atoms with Crippen molar-refractivity contribution in [3.05, 3.63) is 29.5 Å². The van der Waals surface area contributed by atoms with Crippen molar-refractivity contribution in [3.8, 4) is 0 Å². The number of hydrogen-bond donors (Lipinski definition) is 1. The van der Waals surface area contributed by atoms with Crippen molar-refractivity contribution in [2.45, 2.75) is 0 Å². The standard InChI is InChI=1S/C8H6ClN3/c9-6-2-1-5-3-4-11-8(10)7(5)12-6/h1-4H,(H2,10,11). The Kier molecular flexibility index (Phi) is 1.59. The van der Waals surface area contributed by atoms with Crippen LogP contribution in [0.25, 0.3) is 10.9 Å². The van der Waals surface area contributed by atoms with Gasteiger partial charge in [-0.2, -0.15) is 0 Å². The zero-order chi connectivity index (χ0) is 8.55. The number of nitrogens with zero attached hydrogens (tertiary/aromatic N) is 2. The number of pyridine rings is 2. The number of aromatic nitrogens is 2. The number of halogens is 1. The van der Waals surface area contributed by atoms with Crippen LogP contribution in [0, 0.1) is 0 Å².